The minimum atomic E-state index is 0.0123. The standard InChI is InChI=1S/C16H21Br2NO2/c1-20-14-9-13(18)15(10-12(14)17)21-16(5-2-6-16)7-8-19-11-3-4-11/h9-11,19H,2-8H2,1H3. The van der Waals surface area contributed by atoms with Gasteiger partial charge in [0, 0.05) is 6.04 Å². The predicted octanol–water partition coefficient (Wildman–Crippen LogP) is 4.66. The second-order valence-electron chi connectivity index (χ2n) is 6.03. The van der Waals surface area contributed by atoms with Gasteiger partial charge in [-0.05, 0) is 89.1 Å². The van der Waals surface area contributed by atoms with Gasteiger partial charge in [-0.25, -0.2) is 0 Å². The van der Waals surface area contributed by atoms with E-state index < -0.39 is 0 Å². The minimum absolute atomic E-state index is 0.0123. The second kappa shape index (κ2) is 6.47. The molecule has 0 aliphatic heterocycles. The van der Waals surface area contributed by atoms with Gasteiger partial charge in [0.1, 0.15) is 17.1 Å². The molecule has 5 heteroatoms. The molecule has 2 fully saturated rings. The van der Waals surface area contributed by atoms with Crippen LogP contribution in [0.4, 0.5) is 0 Å². The van der Waals surface area contributed by atoms with Crippen LogP contribution in [0.5, 0.6) is 11.5 Å². The molecule has 1 N–H and O–H groups in total. The molecule has 0 spiro atoms. The van der Waals surface area contributed by atoms with Crippen molar-refractivity contribution in [2.24, 2.45) is 0 Å². The van der Waals surface area contributed by atoms with E-state index in [2.05, 4.69) is 37.2 Å². The Bertz CT molecular complexity index is 513. The molecule has 2 aliphatic carbocycles. The topological polar surface area (TPSA) is 30.5 Å². The van der Waals surface area contributed by atoms with Crippen molar-refractivity contribution in [3.8, 4) is 11.5 Å². The molecule has 3 rings (SSSR count). The summed E-state index contributed by atoms with van der Waals surface area (Å²) in [4.78, 5) is 0. The number of hydrogen-bond donors (Lipinski definition) is 1. The molecule has 0 radical (unpaired) electrons. The third-order valence-corrected chi connectivity index (χ3v) is 5.63. The summed E-state index contributed by atoms with van der Waals surface area (Å²) >= 11 is 7.12. The van der Waals surface area contributed by atoms with Gasteiger partial charge in [0.2, 0.25) is 0 Å². The summed E-state index contributed by atoms with van der Waals surface area (Å²) in [6.07, 6.45) is 7.32. The lowest BCUT2D eigenvalue weighted by atomic mass is 9.77. The summed E-state index contributed by atoms with van der Waals surface area (Å²) in [6, 6.07) is 4.72. The molecule has 0 unspecified atom stereocenters. The molecule has 0 bridgehead atoms. The van der Waals surface area contributed by atoms with Crippen molar-refractivity contribution in [3.05, 3.63) is 21.1 Å². The highest BCUT2D eigenvalue weighted by Gasteiger charge is 2.39. The fraction of sp³-hybridized carbons (Fsp3) is 0.625. The first-order valence-corrected chi connectivity index (χ1v) is 9.16. The number of nitrogens with one attached hydrogen (secondary N) is 1. The third-order valence-electron chi connectivity index (χ3n) is 4.39. The fourth-order valence-electron chi connectivity index (χ4n) is 2.74. The molecule has 116 valence electrons. The van der Waals surface area contributed by atoms with Crippen LogP contribution in [0.3, 0.4) is 0 Å². The van der Waals surface area contributed by atoms with E-state index >= 15 is 0 Å². The van der Waals surface area contributed by atoms with Crippen molar-refractivity contribution in [2.45, 2.75) is 50.2 Å². The van der Waals surface area contributed by atoms with E-state index in [0.717, 1.165) is 52.3 Å². The van der Waals surface area contributed by atoms with E-state index in [1.54, 1.807) is 7.11 Å². The molecule has 1 aromatic rings. The number of methoxy groups -OCH3 is 1. The second-order valence-corrected chi connectivity index (χ2v) is 7.74. The van der Waals surface area contributed by atoms with Crippen LogP contribution in [-0.2, 0) is 0 Å². The van der Waals surface area contributed by atoms with Gasteiger partial charge in [-0.15, -0.1) is 0 Å². The normalized spacial score (nSPS) is 20.0. The molecule has 0 aromatic heterocycles. The lowest BCUT2D eigenvalue weighted by Crippen LogP contribution is -2.45. The van der Waals surface area contributed by atoms with E-state index in [9.17, 15) is 0 Å². The van der Waals surface area contributed by atoms with Crippen LogP contribution in [0.25, 0.3) is 0 Å². The van der Waals surface area contributed by atoms with E-state index in [4.69, 9.17) is 9.47 Å². The van der Waals surface area contributed by atoms with Crippen LogP contribution in [0.2, 0.25) is 0 Å². The Morgan fingerprint density at radius 2 is 1.86 bits per heavy atom. The van der Waals surface area contributed by atoms with Crippen LogP contribution in [0.15, 0.2) is 21.1 Å². The Morgan fingerprint density at radius 1 is 1.19 bits per heavy atom. The van der Waals surface area contributed by atoms with E-state index in [1.807, 2.05) is 12.1 Å². The molecule has 3 nitrogen and oxygen atoms in total. The van der Waals surface area contributed by atoms with E-state index in [-0.39, 0.29) is 5.60 Å². The first-order chi connectivity index (χ1) is 10.1. The zero-order valence-corrected chi connectivity index (χ0v) is 15.4. The van der Waals surface area contributed by atoms with Gasteiger partial charge in [0.25, 0.3) is 0 Å². The lowest BCUT2D eigenvalue weighted by Gasteiger charge is -2.42. The fourth-order valence-corrected chi connectivity index (χ4v) is 3.63. The molecule has 0 heterocycles. The van der Waals surface area contributed by atoms with Crippen LogP contribution >= 0.6 is 31.9 Å². The maximum atomic E-state index is 6.38. The third kappa shape index (κ3) is 3.74. The average molecular weight is 419 g/mol. The number of halogens is 2. The molecule has 2 aliphatic rings. The Balaban J connectivity index is 1.66. The summed E-state index contributed by atoms with van der Waals surface area (Å²) in [5, 5.41) is 3.59. The average Bonchev–Trinajstić information content (AvgIpc) is 3.23. The Hall–Kier alpha value is -0.260. The van der Waals surface area contributed by atoms with Gasteiger partial charge in [0.15, 0.2) is 0 Å². The van der Waals surface area contributed by atoms with Crippen LogP contribution < -0.4 is 14.8 Å². The van der Waals surface area contributed by atoms with Crippen molar-refractivity contribution in [3.63, 3.8) is 0 Å². The lowest BCUT2D eigenvalue weighted by molar-refractivity contribution is -0.0149. The quantitative estimate of drug-likeness (QED) is 0.698. The van der Waals surface area contributed by atoms with Crippen molar-refractivity contribution in [2.75, 3.05) is 13.7 Å². The summed E-state index contributed by atoms with van der Waals surface area (Å²) in [7, 11) is 1.67. The van der Waals surface area contributed by atoms with Crippen molar-refractivity contribution < 1.29 is 9.47 Å². The zero-order chi connectivity index (χ0) is 14.9. The molecule has 2 saturated carbocycles. The van der Waals surface area contributed by atoms with Gasteiger partial charge in [0.05, 0.1) is 16.1 Å². The summed E-state index contributed by atoms with van der Waals surface area (Å²) in [5.41, 5.74) is 0.0123. The smallest absolute Gasteiger partial charge is 0.135 e. The van der Waals surface area contributed by atoms with Crippen LogP contribution in [-0.4, -0.2) is 25.3 Å². The summed E-state index contributed by atoms with van der Waals surface area (Å²) in [5.74, 6) is 1.71. The number of hydrogen-bond acceptors (Lipinski definition) is 3. The van der Waals surface area contributed by atoms with Crippen LogP contribution in [0.1, 0.15) is 38.5 Å². The summed E-state index contributed by atoms with van der Waals surface area (Å²) < 4.78 is 13.6. The van der Waals surface area contributed by atoms with Crippen molar-refractivity contribution in [1.82, 2.24) is 5.32 Å². The molecular formula is C16H21Br2NO2. The van der Waals surface area contributed by atoms with Gasteiger partial charge in [-0.1, -0.05) is 0 Å². The van der Waals surface area contributed by atoms with E-state index in [1.165, 1.54) is 19.3 Å². The van der Waals surface area contributed by atoms with Crippen molar-refractivity contribution in [1.29, 1.82) is 0 Å². The molecule has 0 amide bonds. The number of benzene rings is 1. The number of ether oxygens (including phenoxy) is 2. The SMILES string of the molecule is COc1cc(Br)c(OC2(CCNC3CC3)CCC2)cc1Br. The summed E-state index contributed by atoms with van der Waals surface area (Å²) in [6.45, 7) is 1.06. The molecule has 0 atom stereocenters. The first-order valence-electron chi connectivity index (χ1n) is 7.57. The predicted molar refractivity (Wildman–Crippen MR) is 91.2 cm³/mol. The Kier molecular flexibility index (Phi) is 4.81. The highest BCUT2D eigenvalue weighted by atomic mass is 79.9. The highest BCUT2D eigenvalue weighted by molar-refractivity contribution is 9.11. The van der Waals surface area contributed by atoms with E-state index in [0.29, 0.717) is 0 Å². The Morgan fingerprint density at radius 3 is 2.43 bits per heavy atom. The molecular weight excluding hydrogens is 398 g/mol. The Labute approximate surface area is 143 Å². The maximum Gasteiger partial charge on any atom is 0.135 e. The molecule has 21 heavy (non-hydrogen) atoms. The zero-order valence-electron chi connectivity index (χ0n) is 12.3. The monoisotopic (exact) mass is 417 g/mol. The maximum absolute atomic E-state index is 6.38. The minimum Gasteiger partial charge on any atom is -0.496 e. The van der Waals surface area contributed by atoms with Gasteiger partial charge in [-0.2, -0.15) is 0 Å². The van der Waals surface area contributed by atoms with Gasteiger partial charge in [-0.3, -0.25) is 0 Å². The molecule has 0 saturated heterocycles. The van der Waals surface area contributed by atoms with Crippen molar-refractivity contribution >= 4 is 31.9 Å². The molecule has 1 aromatic carbocycles. The number of rotatable bonds is 7. The highest BCUT2D eigenvalue weighted by Crippen LogP contribution is 2.43. The first kappa shape index (κ1) is 15.6. The van der Waals surface area contributed by atoms with Crippen LogP contribution in [0, 0.1) is 0 Å². The van der Waals surface area contributed by atoms with Gasteiger partial charge < -0.3 is 14.8 Å². The largest absolute Gasteiger partial charge is 0.496 e. The van der Waals surface area contributed by atoms with Gasteiger partial charge >= 0.3 is 0 Å².